The van der Waals surface area contributed by atoms with E-state index in [1.54, 1.807) is 24.3 Å². The Morgan fingerprint density at radius 3 is 2.36 bits per heavy atom. The highest BCUT2D eigenvalue weighted by Gasteiger charge is 2.18. The Balaban J connectivity index is 1.39. The highest BCUT2D eigenvalue weighted by atomic mass is 16.5. The summed E-state index contributed by atoms with van der Waals surface area (Å²) in [5.74, 6) is -0.949. The minimum atomic E-state index is -0.873. The van der Waals surface area contributed by atoms with E-state index >= 15 is 0 Å². The number of esters is 1. The first kappa shape index (κ1) is 17.5. The minimum absolute atomic E-state index is 0.0666. The van der Waals surface area contributed by atoms with E-state index < -0.39 is 11.8 Å². The first-order valence-electron chi connectivity index (χ1n) is 8.76. The zero-order valence-corrected chi connectivity index (χ0v) is 14.9. The molecule has 0 aliphatic rings. The van der Waals surface area contributed by atoms with Crippen LogP contribution in [0.5, 0.6) is 0 Å². The summed E-state index contributed by atoms with van der Waals surface area (Å²) in [6.45, 7) is 0.0666. The maximum absolute atomic E-state index is 12.2. The molecule has 0 fully saturated rings. The third-order valence-corrected chi connectivity index (χ3v) is 4.20. The number of carbonyl (C=O) groups excluding carboxylic acids is 2. The topological polar surface area (TPSA) is 84.1 Å². The van der Waals surface area contributed by atoms with Gasteiger partial charge in [-0.05, 0) is 42.0 Å². The quantitative estimate of drug-likeness (QED) is 0.301. The second-order valence-corrected chi connectivity index (χ2v) is 6.20. The molecule has 0 bridgehead atoms. The van der Waals surface area contributed by atoms with Crippen LogP contribution < -0.4 is 5.32 Å². The molecule has 6 heteroatoms. The van der Waals surface area contributed by atoms with Crippen molar-refractivity contribution >= 4 is 34.4 Å². The van der Waals surface area contributed by atoms with Crippen LogP contribution in [0.15, 0.2) is 78.9 Å². The van der Waals surface area contributed by atoms with Gasteiger partial charge in [-0.25, -0.2) is 9.78 Å². The first-order valence-corrected chi connectivity index (χ1v) is 8.76. The number of nitrogens with one attached hydrogen (secondary N) is 2. The average Bonchev–Trinajstić information content (AvgIpc) is 3.15. The van der Waals surface area contributed by atoms with E-state index in [4.69, 9.17) is 4.74 Å². The zero-order chi connectivity index (χ0) is 19.3. The molecule has 28 heavy (non-hydrogen) atoms. The van der Waals surface area contributed by atoms with Crippen molar-refractivity contribution in [2.24, 2.45) is 0 Å². The van der Waals surface area contributed by atoms with Crippen LogP contribution in [0.1, 0.15) is 15.9 Å². The Labute approximate surface area is 161 Å². The summed E-state index contributed by atoms with van der Waals surface area (Å²) < 4.78 is 5.08. The van der Waals surface area contributed by atoms with Crippen molar-refractivity contribution in [3.05, 3.63) is 90.0 Å². The van der Waals surface area contributed by atoms with E-state index in [-0.39, 0.29) is 12.2 Å². The van der Waals surface area contributed by atoms with Crippen LogP contribution >= 0.6 is 0 Å². The molecule has 0 unspecified atom stereocenters. The maximum atomic E-state index is 12.2. The van der Waals surface area contributed by atoms with Crippen LogP contribution in [-0.4, -0.2) is 21.7 Å². The number of Topliss-reactive ketones (excluding diaryl/α,β-unsaturated/α-hetero) is 1. The van der Waals surface area contributed by atoms with Crippen molar-refractivity contribution < 1.29 is 14.3 Å². The first-order chi connectivity index (χ1) is 13.7. The van der Waals surface area contributed by atoms with Gasteiger partial charge < -0.3 is 15.0 Å². The Bertz CT molecular complexity index is 1090. The summed E-state index contributed by atoms with van der Waals surface area (Å²) in [5.41, 5.74) is 3.63. The molecular weight excluding hydrogens is 354 g/mol. The van der Waals surface area contributed by atoms with Crippen molar-refractivity contribution in [1.82, 2.24) is 9.97 Å². The van der Waals surface area contributed by atoms with Gasteiger partial charge in [0.2, 0.25) is 5.95 Å². The molecule has 0 aliphatic heterocycles. The lowest BCUT2D eigenvalue weighted by Crippen LogP contribution is -2.17. The van der Waals surface area contributed by atoms with Crippen LogP contribution in [0.25, 0.3) is 11.0 Å². The Morgan fingerprint density at radius 1 is 0.893 bits per heavy atom. The molecule has 138 valence electrons. The van der Waals surface area contributed by atoms with E-state index in [2.05, 4.69) is 15.3 Å². The number of benzene rings is 3. The van der Waals surface area contributed by atoms with Crippen LogP contribution in [-0.2, 0) is 16.1 Å². The van der Waals surface area contributed by atoms with Crippen molar-refractivity contribution in [1.29, 1.82) is 0 Å². The third-order valence-electron chi connectivity index (χ3n) is 4.20. The normalized spacial score (nSPS) is 10.6. The van der Waals surface area contributed by atoms with Crippen LogP contribution in [0.2, 0.25) is 0 Å². The van der Waals surface area contributed by atoms with Crippen molar-refractivity contribution in [2.75, 3.05) is 5.32 Å². The Morgan fingerprint density at radius 2 is 1.61 bits per heavy atom. The molecular formula is C22H17N3O3. The fourth-order valence-electron chi connectivity index (χ4n) is 2.76. The van der Waals surface area contributed by atoms with E-state index in [1.807, 2.05) is 54.6 Å². The molecule has 2 N–H and O–H groups in total. The molecule has 0 saturated carbocycles. The fraction of sp³-hybridized carbons (Fsp3) is 0.0455. The third kappa shape index (κ3) is 3.91. The molecule has 3 aromatic carbocycles. The number of rotatable bonds is 6. The molecule has 0 radical (unpaired) electrons. The summed E-state index contributed by atoms with van der Waals surface area (Å²) in [5, 5.41) is 3.14. The van der Waals surface area contributed by atoms with Gasteiger partial charge in [0.1, 0.15) is 6.61 Å². The number of nitrogens with zero attached hydrogens (tertiary/aromatic N) is 1. The fourth-order valence-corrected chi connectivity index (χ4v) is 2.76. The summed E-state index contributed by atoms with van der Waals surface area (Å²) in [4.78, 5) is 31.8. The van der Waals surface area contributed by atoms with Crippen LogP contribution in [0, 0.1) is 0 Å². The predicted molar refractivity (Wildman–Crippen MR) is 106 cm³/mol. The largest absolute Gasteiger partial charge is 0.455 e. The molecule has 1 heterocycles. The summed E-state index contributed by atoms with van der Waals surface area (Å²) in [6.07, 6.45) is 0. The van der Waals surface area contributed by atoms with Crippen molar-refractivity contribution in [2.45, 2.75) is 6.61 Å². The van der Waals surface area contributed by atoms with Gasteiger partial charge in [0.15, 0.2) is 0 Å². The molecule has 0 atom stereocenters. The van der Waals surface area contributed by atoms with Gasteiger partial charge in [0, 0.05) is 11.3 Å². The minimum Gasteiger partial charge on any atom is -0.455 e. The van der Waals surface area contributed by atoms with Gasteiger partial charge in [-0.2, -0.15) is 0 Å². The van der Waals surface area contributed by atoms with Gasteiger partial charge in [-0.15, -0.1) is 0 Å². The SMILES string of the molecule is O=C(OCc1ccccc1)C(=O)c1ccc(Nc2nc3ccccc3[nH]2)cc1. The van der Waals surface area contributed by atoms with E-state index in [1.165, 1.54) is 0 Å². The number of imidazole rings is 1. The molecule has 4 aromatic rings. The van der Waals surface area contributed by atoms with Gasteiger partial charge in [0.05, 0.1) is 11.0 Å². The number of H-pyrrole nitrogens is 1. The number of aromatic nitrogens is 2. The molecule has 0 saturated heterocycles. The number of para-hydroxylation sites is 2. The predicted octanol–water partition coefficient (Wildman–Crippen LogP) is 4.23. The van der Waals surface area contributed by atoms with Gasteiger partial charge >= 0.3 is 5.97 Å². The number of ether oxygens (including phenoxy) is 1. The second kappa shape index (κ2) is 7.75. The van der Waals surface area contributed by atoms with E-state index in [9.17, 15) is 9.59 Å². The van der Waals surface area contributed by atoms with Gasteiger partial charge in [-0.1, -0.05) is 42.5 Å². The van der Waals surface area contributed by atoms with Gasteiger partial charge in [0.25, 0.3) is 5.78 Å². The molecule has 0 spiro atoms. The maximum Gasteiger partial charge on any atom is 0.380 e. The molecule has 6 nitrogen and oxygen atoms in total. The van der Waals surface area contributed by atoms with Crippen LogP contribution in [0.3, 0.4) is 0 Å². The molecule has 4 rings (SSSR count). The summed E-state index contributed by atoms with van der Waals surface area (Å²) >= 11 is 0. The smallest absolute Gasteiger partial charge is 0.380 e. The molecule has 1 aromatic heterocycles. The zero-order valence-electron chi connectivity index (χ0n) is 14.9. The van der Waals surface area contributed by atoms with E-state index in [0.717, 1.165) is 22.3 Å². The van der Waals surface area contributed by atoms with Gasteiger partial charge in [-0.3, -0.25) is 4.79 Å². The number of ketones is 1. The molecule has 0 amide bonds. The number of fused-ring (bicyclic) bond motifs is 1. The van der Waals surface area contributed by atoms with Crippen LogP contribution in [0.4, 0.5) is 11.6 Å². The lowest BCUT2D eigenvalue weighted by Gasteiger charge is -2.06. The average molecular weight is 371 g/mol. The lowest BCUT2D eigenvalue weighted by atomic mass is 10.1. The number of hydrogen-bond acceptors (Lipinski definition) is 5. The number of aromatic amines is 1. The summed E-state index contributed by atoms with van der Waals surface area (Å²) in [6, 6.07) is 23.5. The highest BCUT2D eigenvalue weighted by Crippen LogP contribution is 2.19. The lowest BCUT2D eigenvalue weighted by molar-refractivity contribution is -0.139. The second-order valence-electron chi connectivity index (χ2n) is 6.20. The van der Waals surface area contributed by atoms with E-state index in [0.29, 0.717) is 5.95 Å². The highest BCUT2D eigenvalue weighted by molar-refractivity contribution is 6.40. The number of anilines is 2. The monoisotopic (exact) mass is 371 g/mol. The van der Waals surface area contributed by atoms with Crippen molar-refractivity contribution in [3.63, 3.8) is 0 Å². The molecule has 0 aliphatic carbocycles. The van der Waals surface area contributed by atoms with Crippen molar-refractivity contribution in [3.8, 4) is 0 Å². The Kier molecular flexibility index (Phi) is 4.84. The number of hydrogen-bond donors (Lipinski definition) is 2. The standard InChI is InChI=1S/C22H17N3O3/c26-20(21(27)28-14-15-6-2-1-3-7-15)16-10-12-17(13-11-16)23-22-24-18-8-4-5-9-19(18)25-22/h1-13H,14H2,(H2,23,24,25). The Hall–Kier alpha value is -3.93. The summed E-state index contributed by atoms with van der Waals surface area (Å²) in [7, 11) is 0. The number of carbonyl (C=O) groups is 2.